The number of anilines is 1. The van der Waals surface area contributed by atoms with Gasteiger partial charge in [-0.1, -0.05) is 23.7 Å². The normalized spacial score (nSPS) is 11.9. The minimum Gasteiger partial charge on any atom is -0.467 e. The number of furan rings is 1. The maximum atomic E-state index is 11.8. The number of amides is 2. The molecule has 5 nitrogen and oxygen atoms in total. The molecule has 2 aromatic rings. The lowest BCUT2D eigenvalue weighted by Crippen LogP contribution is -2.32. The Kier molecular flexibility index (Phi) is 5.03. The fourth-order valence-corrected chi connectivity index (χ4v) is 1.87. The van der Waals surface area contributed by atoms with E-state index in [1.807, 2.05) is 0 Å². The second kappa shape index (κ2) is 6.98. The maximum absolute atomic E-state index is 11.8. The van der Waals surface area contributed by atoms with Gasteiger partial charge in [-0.3, -0.25) is 0 Å². The van der Waals surface area contributed by atoms with E-state index in [0.717, 1.165) is 0 Å². The van der Waals surface area contributed by atoms with Gasteiger partial charge in [0.2, 0.25) is 0 Å². The van der Waals surface area contributed by atoms with E-state index in [9.17, 15) is 4.79 Å². The second-order valence-electron chi connectivity index (χ2n) is 4.05. The van der Waals surface area contributed by atoms with Crippen LogP contribution in [0.4, 0.5) is 10.5 Å². The average Bonchev–Trinajstić information content (AvgIpc) is 2.96. The van der Waals surface area contributed by atoms with Crippen molar-refractivity contribution in [2.75, 3.05) is 19.0 Å². The lowest BCUT2D eigenvalue weighted by molar-refractivity contribution is 0.0855. The molecule has 0 saturated carbocycles. The minimum absolute atomic E-state index is 0.292. The maximum Gasteiger partial charge on any atom is 0.319 e. The van der Waals surface area contributed by atoms with Crippen LogP contribution in [-0.2, 0) is 4.74 Å². The molecule has 2 rings (SSSR count). The zero-order valence-electron chi connectivity index (χ0n) is 10.9. The first-order valence-corrected chi connectivity index (χ1v) is 6.44. The summed E-state index contributed by atoms with van der Waals surface area (Å²) >= 11 is 5.96. The topological polar surface area (TPSA) is 63.5 Å². The van der Waals surface area contributed by atoms with Crippen LogP contribution in [0.1, 0.15) is 11.9 Å². The number of benzene rings is 1. The molecule has 20 heavy (non-hydrogen) atoms. The van der Waals surface area contributed by atoms with Crippen molar-refractivity contribution < 1.29 is 13.9 Å². The Morgan fingerprint density at radius 1 is 1.35 bits per heavy atom. The summed E-state index contributed by atoms with van der Waals surface area (Å²) in [6.07, 6.45) is 1.23. The summed E-state index contributed by atoms with van der Waals surface area (Å²) in [6, 6.07) is 10.2. The van der Waals surface area contributed by atoms with Gasteiger partial charge >= 0.3 is 6.03 Å². The SMILES string of the molecule is CO[C@H](CNC(=O)Nc1ccccc1Cl)c1ccco1. The number of halogens is 1. The molecule has 0 aliphatic carbocycles. The van der Waals surface area contributed by atoms with E-state index < -0.39 is 0 Å². The molecule has 0 fully saturated rings. The number of hydrogen-bond acceptors (Lipinski definition) is 3. The fourth-order valence-electron chi connectivity index (χ4n) is 1.69. The highest BCUT2D eigenvalue weighted by Crippen LogP contribution is 2.20. The molecular weight excluding hydrogens is 280 g/mol. The Balaban J connectivity index is 1.87. The van der Waals surface area contributed by atoms with Gasteiger partial charge in [0.25, 0.3) is 0 Å². The molecule has 1 aromatic carbocycles. The quantitative estimate of drug-likeness (QED) is 0.888. The van der Waals surface area contributed by atoms with Crippen molar-refractivity contribution in [3.05, 3.63) is 53.4 Å². The van der Waals surface area contributed by atoms with Crippen molar-refractivity contribution in [3.63, 3.8) is 0 Å². The highest BCUT2D eigenvalue weighted by molar-refractivity contribution is 6.33. The lowest BCUT2D eigenvalue weighted by Gasteiger charge is -2.14. The molecule has 1 aromatic heterocycles. The Labute approximate surface area is 121 Å². The Morgan fingerprint density at radius 3 is 2.80 bits per heavy atom. The van der Waals surface area contributed by atoms with E-state index in [1.165, 1.54) is 0 Å². The van der Waals surface area contributed by atoms with Crippen LogP contribution in [0.5, 0.6) is 0 Å². The van der Waals surface area contributed by atoms with Gasteiger partial charge in [0, 0.05) is 7.11 Å². The van der Waals surface area contributed by atoms with Crippen molar-refractivity contribution in [1.29, 1.82) is 0 Å². The zero-order chi connectivity index (χ0) is 14.4. The van der Waals surface area contributed by atoms with Crippen LogP contribution in [0.15, 0.2) is 47.1 Å². The number of methoxy groups -OCH3 is 1. The van der Waals surface area contributed by atoms with E-state index >= 15 is 0 Å². The van der Waals surface area contributed by atoms with Crippen molar-refractivity contribution >= 4 is 23.3 Å². The van der Waals surface area contributed by atoms with Crippen LogP contribution in [-0.4, -0.2) is 19.7 Å². The molecule has 0 aliphatic heterocycles. The van der Waals surface area contributed by atoms with E-state index in [2.05, 4.69) is 10.6 Å². The van der Waals surface area contributed by atoms with Crippen LogP contribution in [0.3, 0.4) is 0 Å². The van der Waals surface area contributed by atoms with Crippen molar-refractivity contribution in [1.82, 2.24) is 5.32 Å². The number of urea groups is 1. The molecule has 0 saturated heterocycles. The van der Waals surface area contributed by atoms with E-state index in [4.69, 9.17) is 20.8 Å². The van der Waals surface area contributed by atoms with Gasteiger partial charge < -0.3 is 19.8 Å². The van der Waals surface area contributed by atoms with Gasteiger partial charge in [-0.05, 0) is 24.3 Å². The number of ether oxygens (including phenoxy) is 1. The highest BCUT2D eigenvalue weighted by Gasteiger charge is 2.14. The summed E-state index contributed by atoms with van der Waals surface area (Å²) < 4.78 is 10.5. The Bertz CT molecular complexity index is 557. The summed E-state index contributed by atoms with van der Waals surface area (Å²) in [4.78, 5) is 11.8. The number of rotatable bonds is 5. The van der Waals surface area contributed by atoms with E-state index in [1.54, 1.807) is 49.8 Å². The zero-order valence-corrected chi connectivity index (χ0v) is 11.7. The molecule has 0 spiro atoms. The molecule has 2 N–H and O–H groups in total. The second-order valence-corrected chi connectivity index (χ2v) is 4.46. The molecule has 1 atom stereocenters. The van der Waals surface area contributed by atoms with E-state index in [0.29, 0.717) is 23.0 Å². The van der Waals surface area contributed by atoms with Gasteiger partial charge in [-0.25, -0.2) is 4.79 Å². The third-order valence-electron chi connectivity index (χ3n) is 2.72. The molecule has 0 radical (unpaired) electrons. The molecule has 0 bridgehead atoms. The van der Waals surface area contributed by atoms with E-state index in [-0.39, 0.29) is 12.1 Å². The molecule has 2 amide bonds. The number of carbonyl (C=O) groups excluding carboxylic acids is 1. The predicted octanol–water partition coefficient (Wildman–Crippen LogP) is 3.44. The van der Waals surface area contributed by atoms with Crippen LogP contribution < -0.4 is 10.6 Å². The number of nitrogens with one attached hydrogen (secondary N) is 2. The predicted molar refractivity (Wildman–Crippen MR) is 76.9 cm³/mol. The van der Waals surface area contributed by atoms with Crippen molar-refractivity contribution in [2.24, 2.45) is 0 Å². The first-order chi connectivity index (χ1) is 9.70. The number of para-hydroxylation sites is 1. The average molecular weight is 295 g/mol. The third-order valence-corrected chi connectivity index (χ3v) is 3.04. The third kappa shape index (κ3) is 3.76. The standard InChI is InChI=1S/C14H15ClN2O3/c1-19-13(12-7-4-8-20-12)9-16-14(18)17-11-6-3-2-5-10(11)15/h2-8,13H,9H2,1H3,(H2,16,17,18)/t13-/m1/s1. The summed E-state index contributed by atoms with van der Waals surface area (Å²) in [5.74, 6) is 0.658. The Hall–Kier alpha value is -1.98. The molecular formula is C14H15ClN2O3. The van der Waals surface area contributed by atoms with Gasteiger partial charge in [0.05, 0.1) is 23.5 Å². The first kappa shape index (κ1) is 14.4. The van der Waals surface area contributed by atoms with Crippen molar-refractivity contribution in [2.45, 2.75) is 6.10 Å². The van der Waals surface area contributed by atoms with Crippen LogP contribution in [0, 0.1) is 0 Å². The highest BCUT2D eigenvalue weighted by atomic mass is 35.5. The first-order valence-electron chi connectivity index (χ1n) is 6.06. The van der Waals surface area contributed by atoms with Crippen LogP contribution in [0.25, 0.3) is 0 Å². The Morgan fingerprint density at radius 2 is 2.15 bits per heavy atom. The number of hydrogen-bond donors (Lipinski definition) is 2. The molecule has 106 valence electrons. The fraction of sp³-hybridized carbons (Fsp3) is 0.214. The summed E-state index contributed by atoms with van der Waals surface area (Å²) in [5.41, 5.74) is 0.554. The molecule has 0 aliphatic rings. The summed E-state index contributed by atoms with van der Waals surface area (Å²) in [7, 11) is 1.56. The summed E-state index contributed by atoms with van der Waals surface area (Å²) in [5, 5.41) is 5.85. The molecule has 1 heterocycles. The molecule has 0 unspecified atom stereocenters. The number of carbonyl (C=O) groups is 1. The summed E-state index contributed by atoms with van der Waals surface area (Å²) in [6.45, 7) is 0.292. The van der Waals surface area contributed by atoms with Crippen LogP contribution >= 0.6 is 11.6 Å². The minimum atomic E-state index is -0.355. The molecule has 6 heteroatoms. The largest absolute Gasteiger partial charge is 0.467 e. The lowest BCUT2D eigenvalue weighted by atomic mass is 10.2. The monoisotopic (exact) mass is 294 g/mol. The smallest absolute Gasteiger partial charge is 0.319 e. The van der Waals surface area contributed by atoms with Gasteiger partial charge in [0.1, 0.15) is 11.9 Å². The van der Waals surface area contributed by atoms with Gasteiger partial charge in [-0.15, -0.1) is 0 Å². The van der Waals surface area contributed by atoms with Crippen molar-refractivity contribution in [3.8, 4) is 0 Å². The van der Waals surface area contributed by atoms with Gasteiger partial charge in [-0.2, -0.15) is 0 Å². The van der Waals surface area contributed by atoms with Crippen LogP contribution in [0.2, 0.25) is 5.02 Å². The van der Waals surface area contributed by atoms with Gasteiger partial charge in [0.15, 0.2) is 0 Å².